The van der Waals surface area contributed by atoms with Crippen LogP contribution in [0.25, 0.3) is 0 Å². The van der Waals surface area contributed by atoms with Gasteiger partial charge in [0.2, 0.25) is 0 Å². The zero-order valence-electron chi connectivity index (χ0n) is 18.4. The highest BCUT2D eigenvalue weighted by molar-refractivity contribution is 7.99. The SMILES string of the molecule is CS(=O)(=O)O.CS(=O)(=O)O.Cc1cccc2c1Sc1ccccc1CC2N1CCNCC1. The molecule has 178 valence electrons. The van der Waals surface area contributed by atoms with Crippen LogP contribution in [0.4, 0.5) is 0 Å². The second-order valence-corrected chi connectivity index (χ2v) is 11.7. The second-order valence-electron chi connectivity index (χ2n) is 7.67. The molecule has 11 heteroatoms. The van der Waals surface area contributed by atoms with Crippen LogP contribution in [0.2, 0.25) is 0 Å². The summed E-state index contributed by atoms with van der Waals surface area (Å²) < 4.78 is 51.7. The monoisotopic (exact) mass is 502 g/mol. The fourth-order valence-electron chi connectivity index (χ4n) is 3.60. The standard InChI is InChI=1S/C19H22N2S.2CH4O3S/c1-14-5-4-7-16-17(21-11-9-20-10-12-21)13-15-6-2-3-8-18(15)22-19(14)16;2*1-5(2,3)4/h2-8,17,20H,9-13H2,1H3;2*1H3,(H,2,3,4). The van der Waals surface area contributed by atoms with Crippen LogP contribution in [0.3, 0.4) is 0 Å². The van der Waals surface area contributed by atoms with Gasteiger partial charge in [-0.1, -0.05) is 48.2 Å². The zero-order valence-corrected chi connectivity index (χ0v) is 20.8. The van der Waals surface area contributed by atoms with Crippen LogP contribution < -0.4 is 5.32 Å². The van der Waals surface area contributed by atoms with Crippen LogP contribution >= 0.6 is 11.8 Å². The van der Waals surface area contributed by atoms with E-state index >= 15 is 0 Å². The Morgan fingerprint density at radius 1 is 0.938 bits per heavy atom. The summed E-state index contributed by atoms with van der Waals surface area (Å²) >= 11 is 1.96. The van der Waals surface area contributed by atoms with E-state index in [-0.39, 0.29) is 0 Å². The number of rotatable bonds is 1. The third-order valence-corrected chi connectivity index (χ3v) is 6.17. The van der Waals surface area contributed by atoms with Crippen molar-refractivity contribution in [1.29, 1.82) is 0 Å². The molecule has 8 nitrogen and oxygen atoms in total. The minimum atomic E-state index is -3.67. The first-order valence-corrected chi connectivity index (χ1v) is 14.5. The summed E-state index contributed by atoms with van der Waals surface area (Å²) in [6.45, 7) is 6.74. The summed E-state index contributed by atoms with van der Waals surface area (Å²) in [6, 6.07) is 16.2. The Bertz CT molecular complexity index is 1070. The third kappa shape index (κ3) is 9.57. The van der Waals surface area contributed by atoms with Crippen LogP contribution in [0.1, 0.15) is 22.7 Å². The van der Waals surface area contributed by atoms with E-state index in [1.54, 1.807) is 0 Å². The number of benzene rings is 2. The first kappa shape index (κ1) is 26.8. The summed E-state index contributed by atoms with van der Waals surface area (Å²) in [4.78, 5) is 5.56. The molecule has 1 atom stereocenters. The maximum absolute atomic E-state index is 9.19. The van der Waals surface area contributed by atoms with Gasteiger partial charge in [0.05, 0.1) is 12.5 Å². The molecule has 1 saturated heterocycles. The molecule has 2 aromatic carbocycles. The van der Waals surface area contributed by atoms with E-state index in [0.29, 0.717) is 18.6 Å². The van der Waals surface area contributed by atoms with Gasteiger partial charge in [-0.15, -0.1) is 0 Å². The van der Waals surface area contributed by atoms with E-state index in [2.05, 4.69) is 59.6 Å². The largest absolute Gasteiger partial charge is 0.314 e. The van der Waals surface area contributed by atoms with Crippen molar-refractivity contribution >= 4 is 32.0 Å². The van der Waals surface area contributed by atoms with Crippen LogP contribution in [-0.2, 0) is 26.7 Å². The minimum Gasteiger partial charge on any atom is -0.314 e. The Morgan fingerprint density at radius 2 is 1.50 bits per heavy atom. The van der Waals surface area contributed by atoms with Gasteiger partial charge in [0.1, 0.15) is 0 Å². The van der Waals surface area contributed by atoms with Gasteiger partial charge in [0.25, 0.3) is 20.2 Å². The van der Waals surface area contributed by atoms with Crippen molar-refractivity contribution in [3.63, 3.8) is 0 Å². The maximum atomic E-state index is 9.19. The molecule has 0 aliphatic carbocycles. The maximum Gasteiger partial charge on any atom is 0.261 e. The first-order chi connectivity index (χ1) is 14.8. The average Bonchev–Trinajstić information content (AvgIpc) is 2.84. The van der Waals surface area contributed by atoms with E-state index in [9.17, 15) is 16.8 Å². The lowest BCUT2D eigenvalue weighted by atomic mass is 9.95. The second kappa shape index (κ2) is 11.6. The van der Waals surface area contributed by atoms with E-state index in [0.717, 1.165) is 32.6 Å². The number of fused-ring (bicyclic) bond motifs is 2. The molecule has 0 saturated carbocycles. The Morgan fingerprint density at radius 3 is 2.09 bits per heavy atom. The van der Waals surface area contributed by atoms with Crippen molar-refractivity contribution in [2.45, 2.75) is 29.2 Å². The molecule has 0 radical (unpaired) electrons. The Balaban J connectivity index is 0.000000308. The predicted octanol–water partition coefficient (Wildman–Crippen LogP) is 2.66. The molecule has 32 heavy (non-hydrogen) atoms. The first-order valence-electron chi connectivity index (χ1n) is 9.98. The van der Waals surface area contributed by atoms with Crippen molar-refractivity contribution < 1.29 is 25.9 Å². The highest BCUT2D eigenvalue weighted by atomic mass is 32.2. The fourth-order valence-corrected chi connectivity index (χ4v) is 4.80. The summed E-state index contributed by atoms with van der Waals surface area (Å²) in [5.74, 6) is 0. The Hall–Kier alpha value is -1.47. The van der Waals surface area contributed by atoms with Gasteiger partial charge in [-0.25, -0.2) is 0 Å². The molecule has 1 unspecified atom stereocenters. The third-order valence-electron chi connectivity index (χ3n) is 4.79. The van der Waals surface area contributed by atoms with E-state index in [1.165, 1.54) is 26.5 Å². The quantitative estimate of drug-likeness (QED) is 0.505. The number of aryl methyl sites for hydroxylation is 1. The van der Waals surface area contributed by atoms with Crippen LogP contribution in [0, 0.1) is 6.92 Å². The lowest BCUT2D eigenvalue weighted by Crippen LogP contribution is -2.45. The number of hydrogen-bond donors (Lipinski definition) is 3. The van der Waals surface area contributed by atoms with E-state index in [1.807, 2.05) is 11.8 Å². The molecule has 3 N–H and O–H groups in total. The molecule has 0 aromatic heterocycles. The zero-order chi connectivity index (χ0) is 23.9. The van der Waals surface area contributed by atoms with Gasteiger partial charge in [-0.2, -0.15) is 16.8 Å². The summed E-state index contributed by atoms with van der Waals surface area (Å²) in [6.07, 6.45) is 2.56. The molecule has 1 fully saturated rings. The normalized spacial score (nSPS) is 18.6. The fraction of sp³-hybridized carbons (Fsp3) is 0.429. The van der Waals surface area contributed by atoms with Crippen molar-refractivity contribution in [3.05, 3.63) is 59.2 Å². The van der Waals surface area contributed by atoms with Gasteiger partial charge in [-0.3, -0.25) is 14.0 Å². The van der Waals surface area contributed by atoms with Crippen LogP contribution in [0.5, 0.6) is 0 Å². The molecule has 0 amide bonds. The Labute approximate surface area is 194 Å². The summed E-state index contributed by atoms with van der Waals surface area (Å²) in [5.41, 5.74) is 4.41. The Kier molecular flexibility index (Phi) is 9.70. The summed E-state index contributed by atoms with van der Waals surface area (Å²) in [5, 5.41) is 3.48. The van der Waals surface area contributed by atoms with Crippen LogP contribution in [-0.4, -0.2) is 69.5 Å². The molecule has 4 rings (SSSR count). The molecule has 2 aliphatic heterocycles. The van der Waals surface area contributed by atoms with Gasteiger partial charge in [0.15, 0.2) is 0 Å². The van der Waals surface area contributed by atoms with Gasteiger partial charge in [-0.05, 0) is 36.1 Å². The number of hydrogen-bond acceptors (Lipinski definition) is 7. The van der Waals surface area contributed by atoms with E-state index in [4.69, 9.17) is 9.11 Å². The number of piperazine rings is 1. The van der Waals surface area contributed by atoms with Crippen molar-refractivity contribution in [1.82, 2.24) is 10.2 Å². The summed E-state index contributed by atoms with van der Waals surface area (Å²) in [7, 11) is -7.33. The van der Waals surface area contributed by atoms with Gasteiger partial charge < -0.3 is 5.32 Å². The van der Waals surface area contributed by atoms with Gasteiger partial charge >= 0.3 is 0 Å². The number of nitrogens with zero attached hydrogens (tertiary/aromatic N) is 1. The topological polar surface area (TPSA) is 124 Å². The average molecular weight is 503 g/mol. The van der Waals surface area contributed by atoms with Crippen molar-refractivity contribution in [2.75, 3.05) is 38.7 Å². The lowest BCUT2D eigenvalue weighted by Gasteiger charge is -2.35. The predicted molar refractivity (Wildman–Crippen MR) is 128 cm³/mol. The van der Waals surface area contributed by atoms with E-state index < -0.39 is 20.2 Å². The molecule has 0 spiro atoms. The molecule has 2 aromatic rings. The lowest BCUT2D eigenvalue weighted by molar-refractivity contribution is 0.170. The minimum absolute atomic E-state index is 0.508. The van der Waals surface area contributed by atoms with Crippen molar-refractivity contribution in [3.8, 4) is 0 Å². The highest BCUT2D eigenvalue weighted by Crippen LogP contribution is 2.44. The molecule has 2 aliphatic rings. The molecule has 0 bridgehead atoms. The molecule has 2 heterocycles. The van der Waals surface area contributed by atoms with Crippen LogP contribution in [0.15, 0.2) is 52.3 Å². The molecular formula is C21H30N2O6S3. The smallest absolute Gasteiger partial charge is 0.261 e. The van der Waals surface area contributed by atoms with Gasteiger partial charge in [0, 0.05) is 42.0 Å². The number of nitrogens with one attached hydrogen (secondary N) is 1. The van der Waals surface area contributed by atoms with Crippen molar-refractivity contribution in [2.24, 2.45) is 0 Å². The highest BCUT2D eigenvalue weighted by Gasteiger charge is 2.28. The molecular weight excluding hydrogens is 472 g/mol.